The van der Waals surface area contributed by atoms with Gasteiger partial charge in [0.05, 0.1) is 12.1 Å². The quantitative estimate of drug-likeness (QED) is 0.785. The smallest absolute Gasteiger partial charge is 0.252 e. The molecule has 3 rings (SSSR count). The number of hydrogen-bond donors (Lipinski definition) is 3. The summed E-state index contributed by atoms with van der Waals surface area (Å²) >= 11 is 0. The number of piperidine rings is 1. The fourth-order valence-electron chi connectivity index (χ4n) is 3.87. The number of amides is 1. The molecule has 2 aliphatic rings. The Morgan fingerprint density at radius 2 is 2.00 bits per heavy atom. The summed E-state index contributed by atoms with van der Waals surface area (Å²) in [6, 6.07) is 7.70. The first-order valence-electron chi connectivity index (χ1n) is 8.27. The van der Waals surface area contributed by atoms with E-state index in [0.29, 0.717) is 0 Å². The van der Waals surface area contributed by atoms with Crippen LogP contribution in [0.1, 0.15) is 43.9 Å². The van der Waals surface area contributed by atoms with E-state index in [9.17, 15) is 9.90 Å². The third-order valence-corrected chi connectivity index (χ3v) is 5.55. The van der Waals surface area contributed by atoms with Gasteiger partial charge in [0.2, 0.25) is 0 Å². The number of hydrogen-bond acceptors (Lipinski definition) is 4. The molecular weight excluding hydrogens is 292 g/mol. The average Bonchev–Trinajstić information content (AvgIpc) is 2.79. The lowest BCUT2D eigenvalue weighted by Gasteiger charge is -2.39. The molecule has 0 radical (unpaired) electrons. The lowest BCUT2D eigenvalue weighted by atomic mass is 9.72. The van der Waals surface area contributed by atoms with E-state index in [4.69, 9.17) is 4.74 Å². The van der Waals surface area contributed by atoms with Gasteiger partial charge in [0.1, 0.15) is 5.60 Å². The Balaban J connectivity index is 1.95. The molecule has 0 bridgehead atoms. The highest BCUT2D eigenvalue weighted by Gasteiger charge is 2.52. The molecule has 1 spiro atoms. The maximum atomic E-state index is 12.5. The summed E-state index contributed by atoms with van der Waals surface area (Å²) in [5.41, 5.74) is 1.02. The topological polar surface area (TPSA) is 70.6 Å². The second-order valence-electron chi connectivity index (χ2n) is 7.10. The van der Waals surface area contributed by atoms with Crippen molar-refractivity contribution in [3.63, 3.8) is 0 Å². The van der Waals surface area contributed by atoms with Crippen LogP contribution >= 0.6 is 0 Å². The zero-order valence-corrected chi connectivity index (χ0v) is 14.1. The molecule has 1 saturated heterocycles. The van der Waals surface area contributed by atoms with Crippen LogP contribution in [0.2, 0.25) is 0 Å². The van der Waals surface area contributed by atoms with Crippen LogP contribution < -0.4 is 10.6 Å². The SMILES string of the molecule is COC(C)(C)C(=O)N[C@H]1c2ccccc2C2(CCNCC2)[C@@H]1O. The zero-order valence-electron chi connectivity index (χ0n) is 14.1. The number of carbonyl (C=O) groups is 1. The monoisotopic (exact) mass is 318 g/mol. The number of nitrogens with one attached hydrogen (secondary N) is 2. The van der Waals surface area contributed by atoms with Crippen LogP contribution in [0.15, 0.2) is 24.3 Å². The van der Waals surface area contributed by atoms with Gasteiger partial charge < -0.3 is 20.5 Å². The lowest BCUT2D eigenvalue weighted by Crippen LogP contribution is -2.51. The molecule has 1 aromatic rings. The van der Waals surface area contributed by atoms with Crippen molar-refractivity contribution >= 4 is 5.91 Å². The van der Waals surface area contributed by atoms with Gasteiger partial charge in [-0.15, -0.1) is 0 Å². The van der Waals surface area contributed by atoms with Crippen molar-refractivity contribution in [2.75, 3.05) is 20.2 Å². The molecule has 1 heterocycles. The summed E-state index contributed by atoms with van der Waals surface area (Å²) in [5, 5.41) is 17.5. The highest BCUT2D eigenvalue weighted by molar-refractivity contribution is 5.85. The number of carbonyl (C=O) groups excluding carboxylic acids is 1. The summed E-state index contributed by atoms with van der Waals surface area (Å²) in [6.07, 6.45) is 1.15. The van der Waals surface area contributed by atoms with Crippen molar-refractivity contribution < 1.29 is 14.6 Å². The summed E-state index contributed by atoms with van der Waals surface area (Å²) in [4.78, 5) is 12.5. The summed E-state index contributed by atoms with van der Waals surface area (Å²) in [6.45, 7) is 5.23. The van der Waals surface area contributed by atoms with Gasteiger partial charge >= 0.3 is 0 Å². The molecule has 1 aliphatic carbocycles. The van der Waals surface area contributed by atoms with Crippen LogP contribution in [0.4, 0.5) is 0 Å². The van der Waals surface area contributed by atoms with E-state index >= 15 is 0 Å². The number of fused-ring (bicyclic) bond motifs is 2. The average molecular weight is 318 g/mol. The molecule has 0 aromatic heterocycles. The predicted molar refractivity (Wildman–Crippen MR) is 88.2 cm³/mol. The number of methoxy groups -OCH3 is 1. The van der Waals surface area contributed by atoms with Crippen LogP contribution in [0.3, 0.4) is 0 Å². The molecule has 5 heteroatoms. The first-order valence-corrected chi connectivity index (χ1v) is 8.27. The molecule has 1 aliphatic heterocycles. The van der Waals surface area contributed by atoms with Gasteiger partial charge in [-0.1, -0.05) is 24.3 Å². The number of ether oxygens (including phenoxy) is 1. The van der Waals surface area contributed by atoms with Crippen LogP contribution in [0, 0.1) is 0 Å². The Bertz CT molecular complexity index is 594. The van der Waals surface area contributed by atoms with Crippen LogP contribution in [-0.4, -0.2) is 42.9 Å². The Morgan fingerprint density at radius 3 is 2.65 bits per heavy atom. The van der Waals surface area contributed by atoms with Gasteiger partial charge in [0, 0.05) is 12.5 Å². The van der Waals surface area contributed by atoms with Gasteiger partial charge in [0.25, 0.3) is 5.91 Å². The second kappa shape index (κ2) is 5.89. The molecule has 2 atom stereocenters. The van der Waals surface area contributed by atoms with Crippen LogP contribution in [0.5, 0.6) is 0 Å². The Kier molecular flexibility index (Phi) is 4.21. The third kappa shape index (κ3) is 2.57. The summed E-state index contributed by atoms with van der Waals surface area (Å²) in [5.74, 6) is -0.204. The first-order chi connectivity index (χ1) is 10.9. The summed E-state index contributed by atoms with van der Waals surface area (Å²) in [7, 11) is 1.52. The number of aliphatic hydroxyl groups excluding tert-OH is 1. The Morgan fingerprint density at radius 1 is 1.35 bits per heavy atom. The van der Waals surface area contributed by atoms with Gasteiger partial charge in [-0.3, -0.25) is 4.79 Å². The highest BCUT2D eigenvalue weighted by atomic mass is 16.5. The molecule has 5 nitrogen and oxygen atoms in total. The van der Waals surface area contributed by atoms with Gasteiger partial charge in [-0.05, 0) is 50.9 Å². The minimum atomic E-state index is -0.918. The number of rotatable bonds is 3. The number of benzene rings is 1. The molecule has 3 N–H and O–H groups in total. The molecule has 0 unspecified atom stereocenters. The maximum Gasteiger partial charge on any atom is 0.252 e. The minimum absolute atomic E-state index is 0.204. The van der Waals surface area contributed by atoms with E-state index in [1.165, 1.54) is 12.7 Å². The fraction of sp³-hybridized carbons (Fsp3) is 0.611. The molecule has 1 fully saturated rings. The number of aliphatic hydroxyl groups is 1. The molecular formula is C18H26N2O3. The minimum Gasteiger partial charge on any atom is -0.390 e. The zero-order chi connectivity index (χ0) is 16.7. The van der Waals surface area contributed by atoms with Crippen molar-refractivity contribution in [3.8, 4) is 0 Å². The van der Waals surface area contributed by atoms with Gasteiger partial charge in [-0.25, -0.2) is 0 Å². The van der Waals surface area contributed by atoms with Crippen LogP contribution in [-0.2, 0) is 14.9 Å². The normalized spacial score (nSPS) is 26.1. The van der Waals surface area contributed by atoms with Gasteiger partial charge in [0.15, 0.2) is 0 Å². The fourth-order valence-corrected chi connectivity index (χ4v) is 3.87. The second-order valence-corrected chi connectivity index (χ2v) is 7.10. The highest BCUT2D eigenvalue weighted by Crippen LogP contribution is 2.50. The third-order valence-electron chi connectivity index (χ3n) is 5.55. The lowest BCUT2D eigenvalue weighted by molar-refractivity contribution is -0.141. The molecule has 1 amide bonds. The van der Waals surface area contributed by atoms with Crippen molar-refractivity contribution in [2.24, 2.45) is 0 Å². The Hall–Kier alpha value is -1.43. The van der Waals surface area contributed by atoms with Crippen molar-refractivity contribution in [1.82, 2.24) is 10.6 Å². The molecule has 23 heavy (non-hydrogen) atoms. The maximum absolute atomic E-state index is 12.5. The standard InChI is InChI=1S/C18H26N2O3/c1-17(2,23-3)16(22)20-14-12-6-4-5-7-13(12)18(15(14)21)8-10-19-11-9-18/h4-7,14-15,19,21H,8-11H2,1-3H3,(H,20,22)/t14-,15+/m0/s1. The van der Waals surface area contributed by atoms with Crippen molar-refractivity contribution in [1.29, 1.82) is 0 Å². The van der Waals surface area contributed by atoms with E-state index in [2.05, 4.69) is 16.7 Å². The van der Waals surface area contributed by atoms with Crippen LogP contribution in [0.25, 0.3) is 0 Å². The summed E-state index contributed by atoms with van der Waals surface area (Å²) < 4.78 is 5.27. The van der Waals surface area contributed by atoms with Gasteiger partial charge in [-0.2, -0.15) is 0 Å². The predicted octanol–water partition coefficient (Wildman–Crippen LogP) is 1.26. The van der Waals surface area contributed by atoms with E-state index in [0.717, 1.165) is 31.5 Å². The Labute approximate surface area is 137 Å². The van der Waals surface area contributed by atoms with Crippen molar-refractivity contribution in [2.45, 2.75) is 49.9 Å². The molecule has 1 aromatic carbocycles. The van der Waals surface area contributed by atoms with E-state index < -0.39 is 11.7 Å². The van der Waals surface area contributed by atoms with E-state index in [1.807, 2.05) is 18.2 Å². The first kappa shape index (κ1) is 16.4. The van der Waals surface area contributed by atoms with E-state index in [-0.39, 0.29) is 17.4 Å². The molecule has 0 saturated carbocycles. The van der Waals surface area contributed by atoms with Crippen molar-refractivity contribution in [3.05, 3.63) is 35.4 Å². The van der Waals surface area contributed by atoms with E-state index in [1.54, 1.807) is 13.8 Å². The molecule has 126 valence electrons. The largest absolute Gasteiger partial charge is 0.390 e.